The van der Waals surface area contributed by atoms with Crippen LogP contribution >= 0.6 is 0 Å². The highest BCUT2D eigenvalue weighted by Crippen LogP contribution is 2.18. The lowest BCUT2D eigenvalue weighted by Gasteiger charge is -2.35. The maximum absolute atomic E-state index is 5.75. The second-order valence-electron chi connectivity index (χ2n) is 6.15. The summed E-state index contributed by atoms with van der Waals surface area (Å²) in [6, 6.07) is 0.719. The van der Waals surface area contributed by atoms with Crippen LogP contribution in [0.2, 0.25) is 0 Å². The van der Waals surface area contributed by atoms with E-state index in [0.29, 0.717) is 12.2 Å². The Kier molecular flexibility index (Phi) is 4.33. The first-order valence-electron chi connectivity index (χ1n) is 7.69. The standard InChI is InChI=1S/C14H25N5O/c1-11-8-18(9-12(2)20-11)5-6-19-10-14(16-17-19)7-15-13-3-4-13/h10-13,15H,3-9H2,1-2H3. The van der Waals surface area contributed by atoms with Crippen LogP contribution in [0.25, 0.3) is 0 Å². The molecule has 1 N–H and O–H groups in total. The third-order valence-corrected chi connectivity index (χ3v) is 3.88. The van der Waals surface area contributed by atoms with E-state index in [0.717, 1.165) is 44.5 Å². The Balaban J connectivity index is 1.43. The molecule has 0 bridgehead atoms. The summed E-state index contributed by atoms with van der Waals surface area (Å²) in [5, 5.41) is 11.9. The van der Waals surface area contributed by atoms with Crippen molar-refractivity contribution in [1.29, 1.82) is 0 Å². The third kappa shape index (κ3) is 4.01. The average Bonchev–Trinajstić information content (AvgIpc) is 3.12. The molecule has 20 heavy (non-hydrogen) atoms. The van der Waals surface area contributed by atoms with Crippen molar-refractivity contribution in [3.05, 3.63) is 11.9 Å². The molecular weight excluding hydrogens is 254 g/mol. The molecule has 1 aliphatic heterocycles. The molecule has 2 atom stereocenters. The minimum atomic E-state index is 0.327. The highest BCUT2D eigenvalue weighted by Gasteiger charge is 2.22. The van der Waals surface area contributed by atoms with Crippen LogP contribution in [-0.2, 0) is 17.8 Å². The van der Waals surface area contributed by atoms with Crippen LogP contribution in [0, 0.1) is 0 Å². The van der Waals surface area contributed by atoms with Gasteiger partial charge in [0.2, 0.25) is 0 Å². The van der Waals surface area contributed by atoms with Gasteiger partial charge in [0.05, 0.1) is 24.4 Å². The number of nitrogens with zero attached hydrogens (tertiary/aromatic N) is 4. The summed E-state index contributed by atoms with van der Waals surface area (Å²) in [6.07, 6.45) is 5.33. The second kappa shape index (κ2) is 6.20. The van der Waals surface area contributed by atoms with Crippen LogP contribution < -0.4 is 5.32 Å². The fraction of sp³-hybridized carbons (Fsp3) is 0.857. The lowest BCUT2D eigenvalue weighted by Crippen LogP contribution is -2.46. The third-order valence-electron chi connectivity index (χ3n) is 3.88. The smallest absolute Gasteiger partial charge is 0.0964 e. The van der Waals surface area contributed by atoms with Gasteiger partial charge in [-0.15, -0.1) is 5.10 Å². The first kappa shape index (κ1) is 14.0. The van der Waals surface area contributed by atoms with Crippen molar-refractivity contribution in [3.63, 3.8) is 0 Å². The highest BCUT2D eigenvalue weighted by molar-refractivity contribution is 4.94. The Morgan fingerprint density at radius 3 is 2.70 bits per heavy atom. The molecule has 0 spiro atoms. The van der Waals surface area contributed by atoms with Crippen LogP contribution in [-0.4, -0.2) is 57.8 Å². The molecule has 0 radical (unpaired) electrons. The Labute approximate surface area is 120 Å². The number of rotatable bonds is 6. The fourth-order valence-corrected chi connectivity index (χ4v) is 2.78. The summed E-state index contributed by atoms with van der Waals surface area (Å²) in [4.78, 5) is 2.45. The molecule has 1 saturated carbocycles. The van der Waals surface area contributed by atoms with Gasteiger partial charge >= 0.3 is 0 Å². The summed E-state index contributed by atoms with van der Waals surface area (Å²) in [7, 11) is 0. The normalized spacial score (nSPS) is 27.9. The van der Waals surface area contributed by atoms with Gasteiger partial charge in [-0.3, -0.25) is 9.58 Å². The van der Waals surface area contributed by atoms with Gasteiger partial charge in [0.25, 0.3) is 0 Å². The van der Waals surface area contributed by atoms with Crippen LogP contribution in [0.15, 0.2) is 6.20 Å². The number of hydrogen-bond donors (Lipinski definition) is 1. The predicted molar refractivity (Wildman–Crippen MR) is 76.3 cm³/mol. The summed E-state index contributed by atoms with van der Waals surface area (Å²) in [6.45, 7) is 9.05. The van der Waals surface area contributed by atoms with E-state index in [1.165, 1.54) is 12.8 Å². The quantitative estimate of drug-likeness (QED) is 0.828. The maximum atomic E-state index is 5.75. The van der Waals surface area contributed by atoms with Gasteiger partial charge in [0, 0.05) is 38.4 Å². The molecule has 6 heteroatoms. The largest absolute Gasteiger partial charge is 0.373 e. The zero-order chi connectivity index (χ0) is 13.9. The molecule has 1 aromatic heterocycles. The van der Waals surface area contributed by atoms with E-state index in [1.807, 2.05) is 4.68 Å². The molecule has 2 heterocycles. The lowest BCUT2D eigenvalue weighted by atomic mass is 10.2. The topological polar surface area (TPSA) is 55.2 Å². The van der Waals surface area contributed by atoms with E-state index >= 15 is 0 Å². The Hall–Kier alpha value is -0.980. The van der Waals surface area contributed by atoms with Gasteiger partial charge in [-0.25, -0.2) is 0 Å². The van der Waals surface area contributed by atoms with E-state index in [-0.39, 0.29) is 0 Å². The number of ether oxygens (including phenoxy) is 1. The summed E-state index contributed by atoms with van der Waals surface area (Å²) in [5.74, 6) is 0. The minimum Gasteiger partial charge on any atom is -0.373 e. The van der Waals surface area contributed by atoms with E-state index in [1.54, 1.807) is 0 Å². The van der Waals surface area contributed by atoms with Crippen molar-refractivity contribution in [1.82, 2.24) is 25.2 Å². The van der Waals surface area contributed by atoms with Crippen molar-refractivity contribution in [2.24, 2.45) is 0 Å². The Morgan fingerprint density at radius 1 is 1.25 bits per heavy atom. The average molecular weight is 279 g/mol. The Morgan fingerprint density at radius 2 is 2.00 bits per heavy atom. The van der Waals surface area contributed by atoms with Gasteiger partial charge in [0.15, 0.2) is 0 Å². The monoisotopic (exact) mass is 279 g/mol. The van der Waals surface area contributed by atoms with Crippen LogP contribution in [0.3, 0.4) is 0 Å². The first-order chi connectivity index (χ1) is 9.69. The van der Waals surface area contributed by atoms with Gasteiger partial charge in [-0.2, -0.15) is 0 Å². The summed E-state index contributed by atoms with van der Waals surface area (Å²) < 4.78 is 7.70. The molecule has 2 unspecified atom stereocenters. The molecule has 112 valence electrons. The molecule has 2 fully saturated rings. The molecule has 1 saturated heterocycles. The molecule has 0 aromatic carbocycles. The molecular formula is C14H25N5O. The van der Waals surface area contributed by atoms with Gasteiger partial charge in [-0.05, 0) is 26.7 Å². The molecule has 1 aromatic rings. The van der Waals surface area contributed by atoms with Gasteiger partial charge < -0.3 is 10.1 Å². The highest BCUT2D eigenvalue weighted by atomic mass is 16.5. The zero-order valence-electron chi connectivity index (χ0n) is 12.5. The fourth-order valence-electron chi connectivity index (χ4n) is 2.78. The number of hydrogen-bond acceptors (Lipinski definition) is 5. The molecule has 2 aliphatic rings. The SMILES string of the molecule is CC1CN(CCn2cc(CNC3CC3)nn2)CC(C)O1. The molecule has 1 aliphatic carbocycles. The summed E-state index contributed by atoms with van der Waals surface area (Å²) in [5.41, 5.74) is 1.04. The molecule has 6 nitrogen and oxygen atoms in total. The zero-order valence-corrected chi connectivity index (χ0v) is 12.5. The van der Waals surface area contributed by atoms with E-state index < -0.39 is 0 Å². The molecule has 0 amide bonds. The van der Waals surface area contributed by atoms with E-state index in [4.69, 9.17) is 4.74 Å². The van der Waals surface area contributed by atoms with Crippen molar-refractivity contribution < 1.29 is 4.74 Å². The van der Waals surface area contributed by atoms with Crippen molar-refractivity contribution in [2.75, 3.05) is 19.6 Å². The summed E-state index contributed by atoms with van der Waals surface area (Å²) >= 11 is 0. The van der Waals surface area contributed by atoms with E-state index in [2.05, 4.69) is 40.6 Å². The van der Waals surface area contributed by atoms with Crippen molar-refractivity contribution in [2.45, 2.75) is 58.0 Å². The van der Waals surface area contributed by atoms with Gasteiger partial charge in [0.1, 0.15) is 0 Å². The number of nitrogens with one attached hydrogen (secondary N) is 1. The van der Waals surface area contributed by atoms with Crippen LogP contribution in [0.1, 0.15) is 32.4 Å². The molecule has 3 rings (SSSR count). The van der Waals surface area contributed by atoms with Crippen molar-refractivity contribution in [3.8, 4) is 0 Å². The minimum absolute atomic E-state index is 0.327. The number of aromatic nitrogens is 3. The van der Waals surface area contributed by atoms with Crippen molar-refractivity contribution >= 4 is 0 Å². The van der Waals surface area contributed by atoms with E-state index in [9.17, 15) is 0 Å². The maximum Gasteiger partial charge on any atom is 0.0964 e. The first-order valence-corrected chi connectivity index (χ1v) is 7.69. The predicted octanol–water partition coefficient (Wildman–Crippen LogP) is 0.639. The van der Waals surface area contributed by atoms with Crippen LogP contribution in [0.5, 0.6) is 0 Å². The number of morpholine rings is 1. The van der Waals surface area contributed by atoms with Crippen LogP contribution in [0.4, 0.5) is 0 Å². The lowest BCUT2D eigenvalue weighted by molar-refractivity contribution is -0.0687. The van der Waals surface area contributed by atoms with Gasteiger partial charge in [-0.1, -0.05) is 5.21 Å². The second-order valence-corrected chi connectivity index (χ2v) is 6.15. The Bertz CT molecular complexity index is 421.